The fourth-order valence-corrected chi connectivity index (χ4v) is 3.46. The van der Waals surface area contributed by atoms with E-state index in [0.717, 1.165) is 24.0 Å². The Labute approximate surface area is 145 Å². The first-order valence-electron chi connectivity index (χ1n) is 8.53. The van der Waals surface area contributed by atoms with Crippen LogP contribution in [-0.4, -0.2) is 22.2 Å². The third-order valence-electron chi connectivity index (χ3n) is 4.75. The topological polar surface area (TPSA) is 63.8 Å². The summed E-state index contributed by atoms with van der Waals surface area (Å²) in [5, 5.41) is 7.01. The zero-order valence-electron chi connectivity index (χ0n) is 14.0. The van der Waals surface area contributed by atoms with Crippen LogP contribution in [0.5, 0.6) is 0 Å². The molecule has 0 spiro atoms. The van der Waals surface area contributed by atoms with Crippen molar-refractivity contribution in [3.05, 3.63) is 47.9 Å². The summed E-state index contributed by atoms with van der Waals surface area (Å²) in [5.74, 6) is 1.53. The molecular weight excluding hydrogens is 319 g/mol. The average Bonchev–Trinajstić information content (AvgIpc) is 3.33. The maximum Gasteiger partial charge on any atom is 0.258 e. The lowest BCUT2D eigenvalue weighted by molar-refractivity contribution is 0.432. The largest absolute Gasteiger partial charge is 0.373 e. The summed E-state index contributed by atoms with van der Waals surface area (Å²) in [6.07, 6.45) is 6.17. The van der Waals surface area contributed by atoms with Crippen molar-refractivity contribution < 1.29 is 8.91 Å². The number of benzene rings is 1. The number of anilines is 1. The summed E-state index contributed by atoms with van der Waals surface area (Å²) in [7, 11) is 1.78. The van der Waals surface area contributed by atoms with Gasteiger partial charge in [0.15, 0.2) is 0 Å². The number of pyridine rings is 1. The van der Waals surface area contributed by atoms with Gasteiger partial charge in [0.25, 0.3) is 5.89 Å². The van der Waals surface area contributed by atoms with Crippen molar-refractivity contribution >= 4 is 5.82 Å². The number of halogens is 1. The van der Waals surface area contributed by atoms with Crippen molar-refractivity contribution in [2.75, 3.05) is 12.4 Å². The minimum Gasteiger partial charge on any atom is -0.373 e. The number of hydrogen-bond donors (Lipinski definition) is 1. The maximum absolute atomic E-state index is 14.5. The molecule has 0 atom stereocenters. The minimum absolute atomic E-state index is 0.193. The lowest BCUT2D eigenvalue weighted by Crippen LogP contribution is -1.97. The van der Waals surface area contributed by atoms with E-state index in [1.165, 1.54) is 18.9 Å². The molecule has 3 aromatic rings. The summed E-state index contributed by atoms with van der Waals surface area (Å²) in [6.45, 7) is 0. The number of hydrogen-bond acceptors (Lipinski definition) is 5. The molecule has 1 aliphatic rings. The molecule has 1 fully saturated rings. The van der Waals surface area contributed by atoms with Crippen LogP contribution in [0.1, 0.15) is 37.2 Å². The van der Waals surface area contributed by atoms with Crippen LogP contribution in [0.15, 0.2) is 41.1 Å². The molecule has 0 bridgehead atoms. The predicted octanol–water partition coefficient (Wildman–Crippen LogP) is 4.64. The Morgan fingerprint density at radius 3 is 2.80 bits per heavy atom. The second kappa shape index (κ2) is 6.63. The first-order chi connectivity index (χ1) is 12.3. The van der Waals surface area contributed by atoms with Crippen molar-refractivity contribution in [3.63, 3.8) is 0 Å². The molecule has 0 unspecified atom stereocenters. The van der Waals surface area contributed by atoms with Gasteiger partial charge in [0.1, 0.15) is 11.6 Å². The lowest BCUT2D eigenvalue weighted by Gasteiger charge is -2.10. The molecule has 128 valence electrons. The smallest absolute Gasteiger partial charge is 0.258 e. The summed E-state index contributed by atoms with van der Waals surface area (Å²) >= 11 is 0. The highest BCUT2D eigenvalue weighted by atomic mass is 19.1. The van der Waals surface area contributed by atoms with Crippen molar-refractivity contribution in [2.45, 2.75) is 31.6 Å². The van der Waals surface area contributed by atoms with Gasteiger partial charge in [-0.1, -0.05) is 24.1 Å². The van der Waals surface area contributed by atoms with Gasteiger partial charge >= 0.3 is 0 Å². The zero-order chi connectivity index (χ0) is 17.2. The number of nitrogens with zero attached hydrogens (tertiary/aromatic N) is 3. The number of rotatable bonds is 4. The molecule has 25 heavy (non-hydrogen) atoms. The van der Waals surface area contributed by atoms with Crippen LogP contribution in [0.4, 0.5) is 10.2 Å². The van der Waals surface area contributed by atoms with Gasteiger partial charge < -0.3 is 9.84 Å². The Bertz CT molecular complexity index is 887. The van der Waals surface area contributed by atoms with E-state index in [1.54, 1.807) is 13.2 Å². The highest BCUT2D eigenvalue weighted by molar-refractivity contribution is 5.70. The minimum atomic E-state index is -0.193. The molecule has 2 aromatic heterocycles. The highest BCUT2D eigenvalue weighted by Gasteiger charge is 2.21. The number of nitrogens with one attached hydrogen (secondary N) is 1. The molecule has 0 aliphatic heterocycles. The SMILES string of the molecule is CNc1ncccc1-c1noc(-c2ccc(C3CCCC3)c(F)c2)n1. The van der Waals surface area contributed by atoms with Crippen LogP contribution in [-0.2, 0) is 0 Å². The number of aromatic nitrogens is 3. The van der Waals surface area contributed by atoms with Gasteiger partial charge in [0, 0.05) is 18.8 Å². The van der Waals surface area contributed by atoms with Crippen LogP contribution in [0, 0.1) is 5.82 Å². The summed E-state index contributed by atoms with van der Waals surface area (Å²) in [5.41, 5.74) is 2.13. The Kier molecular flexibility index (Phi) is 4.17. The van der Waals surface area contributed by atoms with Crippen LogP contribution in [0.25, 0.3) is 22.8 Å². The Balaban J connectivity index is 1.65. The quantitative estimate of drug-likeness (QED) is 0.751. The van der Waals surface area contributed by atoms with Crippen LogP contribution in [0.2, 0.25) is 0 Å². The molecule has 2 heterocycles. The second-order valence-electron chi connectivity index (χ2n) is 6.29. The fourth-order valence-electron chi connectivity index (χ4n) is 3.46. The van der Waals surface area contributed by atoms with Crippen molar-refractivity contribution in [1.82, 2.24) is 15.1 Å². The summed E-state index contributed by atoms with van der Waals surface area (Å²) in [4.78, 5) is 8.64. The van der Waals surface area contributed by atoms with Crippen molar-refractivity contribution in [1.29, 1.82) is 0 Å². The van der Waals surface area contributed by atoms with Crippen LogP contribution >= 0.6 is 0 Å². The molecule has 1 aliphatic carbocycles. The Hall–Kier alpha value is -2.76. The van der Waals surface area contributed by atoms with Crippen molar-refractivity contribution in [2.24, 2.45) is 0 Å². The first-order valence-corrected chi connectivity index (χ1v) is 8.53. The van der Waals surface area contributed by atoms with Crippen LogP contribution < -0.4 is 5.32 Å². The van der Waals surface area contributed by atoms with Gasteiger partial charge in [0.05, 0.1) is 5.56 Å². The van der Waals surface area contributed by atoms with E-state index in [0.29, 0.717) is 29.0 Å². The second-order valence-corrected chi connectivity index (χ2v) is 6.29. The van der Waals surface area contributed by atoms with Gasteiger partial charge in [-0.25, -0.2) is 9.37 Å². The standard InChI is InChI=1S/C19H19FN4O/c1-21-17-15(7-4-10-22-17)18-23-19(25-24-18)13-8-9-14(16(20)11-13)12-5-2-3-6-12/h4,7-12H,2-3,5-6H2,1H3,(H,21,22). The fraction of sp³-hybridized carbons (Fsp3) is 0.316. The molecule has 6 heteroatoms. The van der Waals surface area contributed by atoms with E-state index in [2.05, 4.69) is 20.4 Å². The van der Waals surface area contributed by atoms with Gasteiger partial charge in [-0.3, -0.25) is 0 Å². The average molecular weight is 338 g/mol. The molecule has 0 saturated heterocycles. The van der Waals surface area contributed by atoms with E-state index < -0.39 is 0 Å². The molecule has 1 N–H and O–H groups in total. The molecular formula is C19H19FN4O. The third-order valence-corrected chi connectivity index (χ3v) is 4.75. The van der Waals surface area contributed by atoms with E-state index in [-0.39, 0.29) is 5.82 Å². The monoisotopic (exact) mass is 338 g/mol. The van der Waals surface area contributed by atoms with Crippen molar-refractivity contribution in [3.8, 4) is 22.8 Å². The molecule has 0 radical (unpaired) electrons. The molecule has 1 aromatic carbocycles. The van der Waals surface area contributed by atoms with Gasteiger partial charge in [0.2, 0.25) is 5.82 Å². The summed E-state index contributed by atoms with van der Waals surface area (Å²) in [6, 6.07) is 8.87. The van der Waals surface area contributed by atoms with E-state index >= 15 is 0 Å². The van der Waals surface area contributed by atoms with E-state index in [9.17, 15) is 4.39 Å². The van der Waals surface area contributed by atoms with Gasteiger partial charge in [-0.2, -0.15) is 4.98 Å². The van der Waals surface area contributed by atoms with E-state index in [4.69, 9.17) is 4.52 Å². The molecule has 0 amide bonds. The normalized spacial score (nSPS) is 14.8. The first kappa shape index (κ1) is 15.7. The molecule has 5 nitrogen and oxygen atoms in total. The Morgan fingerprint density at radius 1 is 1.20 bits per heavy atom. The van der Waals surface area contributed by atoms with Crippen LogP contribution in [0.3, 0.4) is 0 Å². The third kappa shape index (κ3) is 2.99. The predicted molar refractivity (Wildman–Crippen MR) is 93.7 cm³/mol. The molecule has 4 rings (SSSR count). The zero-order valence-corrected chi connectivity index (χ0v) is 14.0. The lowest BCUT2D eigenvalue weighted by atomic mass is 9.96. The summed E-state index contributed by atoms with van der Waals surface area (Å²) < 4.78 is 19.9. The highest BCUT2D eigenvalue weighted by Crippen LogP contribution is 2.36. The molecule has 1 saturated carbocycles. The van der Waals surface area contributed by atoms with E-state index in [1.807, 2.05) is 24.3 Å². The van der Waals surface area contributed by atoms with Gasteiger partial charge in [-0.05, 0) is 48.6 Å². The maximum atomic E-state index is 14.5. The Morgan fingerprint density at radius 2 is 2.04 bits per heavy atom. The van der Waals surface area contributed by atoms with Gasteiger partial charge in [-0.15, -0.1) is 0 Å².